The number of methoxy groups -OCH3 is 1. The quantitative estimate of drug-likeness (QED) is 0.900. The molecule has 4 nitrogen and oxygen atoms in total. The second kappa shape index (κ2) is 5.15. The Kier molecular flexibility index (Phi) is 3.39. The third-order valence-corrected chi connectivity index (χ3v) is 2.37. The summed E-state index contributed by atoms with van der Waals surface area (Å²) in [5.74, 6) is -0.294. The van der Waals surface area contributed by atoms with E-state index in [1.807, 2.05) is 6.07 Å². The highest BCUT2D eigenvalue weighted by atomic mass is 19.1. The van der Waals surface area contributed by atoms with E-state index in [0.29, 0.717) is 16.9 Å². The first-order valence-electron chi connectivity index (χ1n) is 5.19. The highest BCUT2D eigenvalue weighted by molar-refractivity contribution is 5.65. The number of pyridine rings is 1. The molecular weight excluding hydrogens is 233 g/mol. The van der Waals surface area contributed by atoms with Crippen LogP contribution in [0.1, 0.15) is 5.56 Å². The van der Waals surface area contributed by atoms with Crippen LogP contribution in [-0.4, -0.2) is 12.1 Å². The summed E-state index contributed by atoms with van der Waals surface area (Å²) in [6.45, 7) is 0. The highest BCUT2D eigenvalue weighted by Crippen LogP contribution is 2.24. The van der Waals surface area contributed by atoms with Crippen LogP contribution in [0.2, 0.25) is 0 Å². The smallest absolute Gasteiger partial charge is 0.167 e. The van der Waals surface area contributed by atoms with Gasteiger partial charge in [0.15, 0.2) is 11.6 Å². The van der Waals surface area contributed by atoms with Crippen LogP contribution >= 0.6 is 0 Å². The number of nitriles is 1. The standard InChI is InChI=1S/C13H10FN3O/c1-18-13-3-2-10(6-11(13)14)17-12-8-16-5-4-9(12)7-15/h2-6,8,17H,1H3. The van der Waals surface area contributed by atoms with Gasteiger partial charge in [-0.05, 0) is 18.2 Å². The highest BCUT2D eigenvalue weighted by Gasteiger charge is 2.05. The van der Waals surface area contributed by atoms with E-state index in [4.69, 9.17) is 10.00 Å². The van der Waals surface area contributed by atoms with Crippen LogP contribution in [0.25, 0.3) is 0 Å². The van der Waals surface area contributed by atoms with Crippen LogP contribution in [0.5, 0.6) is 5.75 Å². The summed E-state index contributed by atoms with van der Waals surface area (Å²) in [4.78, 5) is 3.91. The molecule has 0 radical (unpaired) electrons. The van der Waals surface area contributed by atoms with E-state index >= 15 is 0 Å². The fourth-order valence-electron chi connectivity index (χ4n) is 1.49. The van der Waals surface area contributed by atoms with Gasteiger partial charge in [0.2, 0.25) is 0 Å². The van der Waals surface area contributed by atoms with Gasteiger partial charge in [-0.1, -0.05) is 0 Å². The molecule has 0 saturated heterocycles. The molecule has 0 spiro atoms. The molecule has 0 amide bonds. The number of halogens is 1. The van der Waals surface area contributed by atoms with Crippen LogP contribution in [0.4, 0.5) is 15.8 Å². The second-order valence-corrected chi connectivity index (χ2v) is 3.51. The SMILES string of the molecule is COc1ccc(Nc2cnccc2C#N)cc1F. The topological polar surface area (TPSA) is 57.9 Å². The van der Waals surface area contributed by atoms with E-state index in [1.165, 1.54) is 31.6 Å². The molecule has 0 bridgehead atoms. The summed E-state index contributed by atoms with van der Waals surface area (Å²) < 4.78 is 18.3. The first-order chi connectivity index (χ1) is 8.74. The Labute approximate surface area is 104 Å². The van der Waals surface area contributed by atoms with Crippen molar-refractivity contribution in [3.05, 3.63) is 48.0 Å². The summed E-state index contributed by atoms with van der Waals surface area (Å²) in [6, 6.07) is 8.09. The third-order valence-electron chi connectivity index (χ3n) is 2.37. The van der Waals surface area contributed by atoms with Gasteiger partial charge in [-0.15, -0.1) is 0 Å². The Hall–Kier alpha value is -2.61. The van der Waals surface area contributed by atoms with E-state index in [0.717, 1.165) is 0 Å². The minimum atomic E-state index is -0.468. The maximum Gasteiger partial charge on any atom is 0.167 e. The molecule has 90 valence electrons. The predicted molar refractivity (Wildman–Crippen MR) is 65.2 cm³/mol. The Morgan fingerprint density at radius 2 is 2.22 bits per heavy atom. The van der Waals surface area contributed by atoms with Gasteiger partial charge in [0.25, 0.3) is 0 Å². The van der Waals surface area contributed by atoms with Gasteiger partial charge in [-0.2, -0.15) is 5.26 Å². The van der Waals surface area contributed by atoms with Gasteiger partial charge in [0.1, 0.15) is 6.07 Å². The number of anilines is 2. The summed E-state index contributed by atoms with van der Waals surface area (Å²) >= 11 is 0. The van der Waals surface area contributed by atoms with Crippen molar-refractivity contribution in [1.82, 2.24) is 4.98 Å². The van der Waals surface area contributed by atoms with Crippen molar-refractivity contribution in [2.24, 2.45) is 0 Å². The molecular formula is C13H10FN3O. The van der Waals surface area contributed by atoms with Gasteiger partial charge >= 0.3 is 0 Å². The number of nitrogens with zero attached hydrogens (tertiary/aromatic N) is 2. The zero-order chi connectivity index (χ0) is 13.0. The van der Waals surface area contributed by atoms with Crippen LogP contribution in [0.3, 0.4) is 0 Å². The average molecular weight is 243 g/mol. The monoisotopic (exact) mass is 243 g/mol. The van der Waals surface area contributed by atoms with Crippen molar-refractivity contribution in [2.75, 3.05) is 12.4 Å². The van der Waals surface area contributed by atoms with Crippen molar-refractivity contribution < 1.29 is 9.13 Å². The number of aromatic nitrogens is 1. The molecule has 1 heterocycles. The molecule has 0 fully saturated rings. The van der Waals surface area contributed by atoms with E-state index in [9.17, 15) is 4.39 Å². The van der Waals surface area contributed by atoms with Crippen LogP contribution in [0, 0.1) is 17.1 Å². The number of hydrogen-bond acceptors (Lipinski definition) is 4. The summed E-state index contributed by atoms with van der Waals surface area (Å²) in [5, 5.41) is 11.9. The summed E-state index contributed by atoms with van der Waals surface area (Å²) in [5.41, 5.74) is 1.50. The van der Waals surface area contributed by atoms with E-state index in [1.54, 1.807) is 12.1 Å². The van der Waals surface area contributed by atoms with Gasteiger partial charge in [0.05, 0.1) is 24.6 Å². The number of nitrogens with one attached hydrogen (secondary N) is 1. The number of rotatable bonds is 3. The zero-order valence-electron chi connectivity index (χ0n) is 9.64. The molecule has 2 aromatic rings. The molecule has 0 aliphatic carbocycles. The average Bonchev–Trinajstić information content (AvgIpc) is 2.39. The Morgan fingerprint density at radius 3 is 2.89 bits per heavy atom. The molecule has 2 rings (SSSR count). The van der Waals surface area contributed by atoms with Gasteiger partial charge in [-0.3, -0.25) is 4.98 Å². The largest absolute Gasteiger partial charge is 0.494 e. The maximum atomic E-state index is 13.5. The molecule has 18 heavy (non-hydrogen) atoms. The van der Waals surface area contributed by atoms with Gasteiger partial charge < -0.3 is 10.1 Å². The van der Waals surface area contributed by atoms with Crippen molar-refractivity contribution in [3.63, 3.8) is 0 Å². The Morgan fingerprint density at radius 1 is 1.39 bits per heavy atom. The number of ether oxygens (including phenoxy) is 1. The maximum absolute atomic E-state index is 13.5. The Balaban J connectivity index is 2.29. The zero-order valence-corrected chi connectivity index (χ0v) is 9.64. The van der Waals surface area contributed by atoms with Crippen LogP contribution in [0.15, 0.2) is 36.7 Å². The molecule has 0 aliphatic rings. The molecule has 0 saturated carbocycles. The number of benzene rings is 1. The molecule has 1 aromatic heterocycles. The van der Waals surface area contributed by atoms with E-state index in [-0.39, 0.29) is 5.75 Å². The first-order valence-corrected chi connectivity index (χ1v) is 5.19. The first kappa shape index (κ1) is 11.9. The van der Waals surface area contributed by atoms with Gasteiger partial charge in [-0.25, -0.2) is 4.39 Å². The molecule has 1 aromatic carbocycles. The molecule has 0 unspecified atom stereocenters. The normalized spacial score (nSPS) is 9.61. The molecule has 5 heteroatoms. The minimum absolute atomic E-state index is 0.173. The number of hydrogen-bond donors (Lipinski definition) is 1. The summed E-state index contributed by atoms with van der Waals surface area (Å²) in [6.07, 6.45) is 3.04. The third kappa shape index (κ3) is 2.38. The lowest BCUT2D eigenvalue weighted by Crippen LogP contribution is -1.96. The molecule has 0 aliphatic heterocycles. The summed E-state index contributed by atoms with van der Waals surface area (Å²) in [7, 11) is 1.40. The van der Waals surface area contributed by atoms with Crippen molar-refractivity contribution in [3.8, 4) is 11.8 Å². The van der Waals surface area contributed by atoms with E-state index < -0.39 is 5.82 Å². The lowest BCUT2D eigenvalue weighted by molar-refractivity contribution is 0.386. The molecule has 0 atom stereocenters. The van der Waals surface area contributed by atoms with Crippen molar-refractivity contribution in [1.29, 1.82) is 5.26 Å². The fourth-order valence-corrected chi connectivity index (χ4v) is 1.49. The Bertz CT molecular complexity index is 607. The van der Waals surface area contributed by atoms with Crippen molar-refractivity contribution in [2.45, 2.75) is 0 Å². The molecule has 1 N–H and O–H groups in total. The fraction of sp³-hybridized carbons (Fsp3) is 0.0769. The minimum Gasteiger partial charge on any atom is -0.494 e. The predicted octanol–water partition coefficient (Wildman–Crippen LogP) is 2.84. The van der Waals surface area contributed by atoms with Gasteiger partial charge in [0, 0.05) is 18.0 Å². The second-order valence-electron chi connectivity index (χ2n) is 3.51. The van der Waals surface area contributed by atoms with Crippen LogP contribution < -0.4 is 10.1 Å². The lowest BCUT2D eigenvalue weighted by Gasteiger charge is -2.09. The van der Waals surface area contributed by atoms with Crippen molar-refractivity contribution >= 4 is 11.4 Å². The van der Waals surface area contributed by atoms with Crippen LogP contribution in [-0.2, 0) is 0 Å². The van der Waals surface area contributed by atoms with E-state index in [2.05, 4.69) is 10.3 Å². The lowest BCUT2D eigenvalue weighted by atomic mass is 10.2.